The second-order valence-corrected chi connectivity index (χ2v) is 4.86. The lowest BCUT2D eigenvalue weighted by Gasteiger charge is -2.08. The molecular formula is C8H14F3NO3S. The van der Waals surface area contributed by atoms with E-state index in [0.717, 1.165) is 5.92 Å². The van der Waals surface area contributed by atoms with Crippen LogP contribution in [0.3, 0.4) is 0 Å². The summed E-state index contributed by atoms with van der Waals surface area (Å²) < 4.78 is 61.2. The van der Waals surface area contributed by atoms with E-state index in [2.05, 4.69) is 24.8 Å². The number of hydrogen-bond acceptors (Lipinski definition) is 3. The maximum Gasteiger partial charge on any atom is 0.485 e. The van der Waals surface area contributed by atoms with Gasteiger partial charge in [-0.2, -0.15) is 13.2 Å². The van der Waals surface area contributed by atoms with Crippen molar-refractivity contribution in [2.24, 2.45) is 5.92 Å². The van der Waals surface area contributed by atoms with Crippen LogP contribution < -0.4 is 0 Å². The van der Waals surface area contributed by atoms with E-state index in [0.29, 0.717) is 0 Å². The van der Waals surface area contributed by atoms with Crippen molar-refractivity contribution in [2.75, 3.05) is 13.6 Å². The maximum atomic E-state index is 10.7. The molecule has 0 spiro atoms. The molecule has 0 N–H and O–H groups in total. The van der Waals surface area contributed by atoms with Crippen molar-refractivity contribution >= 4 is 16.3 Å². The second-order valence-electron chi connectivity index (χ2n) is 3.49. The van der Waals surface area contributed by atoms with Crippen molar-refractivity contribution in [3.63, 3.8) is 0 Å². The molecule has 8 heteroatoms. The van der Waals surface area contributed by atoms with Crippen molar-refractivity contribution < 1.29 is 30.7 Å². The average molecular weight is 261 g/mol. The highest BCUT2D eigenvalue weighted by molar-refractivity contribution is 7.86. The Hall–Kier alpha value is -0.630. The third-order valence-electron chi connectivity index (χ3n) is 2.13. The van der Waals surface area contributed by atoms with Crippen molar-refractivity contribution in [1.82, 2.24) is 0 Å². The van der Waals surface area contributed by atoms with Gasteiger partial charge in [-0.05, 0) is 6.42 Å². The van der Waals surface area contributed by atoms with Crippen LogP contribution in [0, 0.1) is 5.92 Å². The van der Waals surface area contributed by atoms with Gasteiger partial charge >= 0.3 is 5.51 Å². The van der Waals surface area contributed by atoms with E-state index < -0.39 is 15.6 Å². The maximum absolute atomic E-state index is 10.7. The highest BCUT2D eigenvalue weighted by Gasteiger charge is 2.36. The first-order valence-electron chi connectivity index (χ1n) is 4.65. The lowest BCUT2D eigenvalue weighted by atomic mass is 10.1. The minimum atomic E-state index is -6.09. The Bertz CT molecular complexity index is 348. The van der Waals surface area contributed by atoms with Gasteiger partial charge in [0.25, 0.3) is 0 Å². The van der Waals surface area contributed by atoms with Gasteiger partial charge in [0.2, 0.25) is 0 Å². The van der Waals surface area contributed by atoms with E-state index in [1.807, 2.05) is 0 Å². The number of nitrogens with zero attached hydrogens (tertiary/aromatic N) is 1. The number of alkyl halides is 3. The molecule has 0 aromatic carbocycles. The molecule has 0 fully saturated rings. The molecule has 0 aromatic rings. The Labute approximate surface area is 92.5 Å². The van der Waals surface area contributed by atoms with Crippen LogP contribution in [0.4, 0.5) is 13.2 Å². The van der Waals surface area contributed by atoms with Gasteiger partial charge in [-0.15, -0.1) is 0 Å². The molecule has 1 atom stereocenters. The first-order valence-corrected chi connectivity index (χ1v) is 6.06. The van der Waals surface area contributed by atoms with E-state index >= 15 is 0 Å². The molecule has 1 unspecified atom stereocenters. The summed E-state index contributed by atoms with van der Waals surface area (Å²) in [6.45, 7) is 3.51. The van der Waals surface area contributed by atoms with E-state index in [1.54, 1.807) is 0 Å². The predicted molar refractivity (Wildman–Crippen MR) is 51.3 cm³/mol. The molecule has 0 amide bonds. The molecule has 0 radical (unpaired) electrons. The van der Waals surface area contributed by atoms with Crippen molar-refractivity contribution in [1.29, 1.82) is 0 Å². The van der Waals surface area contributed by atoms with Crippen LogP contribution in [0.2, 0.25) is 0 Å². The van der Waals surface area contributed by atoms with Crippen LogP contribution in [-0.4, -0.2) is 42.9 Å². The van der Waals surface area contributed by atoms with E-state index in [9.17, 15) is 13.2 Å². The van der Waals surface area contributed by atoms with Gasteiger partial charge in [0.05, 0.1) is 0 Å². The minimum Gasteiger partial charge on any atom is -0.741 e. The molecule has 0 aliphatic carbocycles. The first-order chi connectivity index (χ1) is 7.08. The van der Waals surface area contributed by atoms with Crippen molar-refractivity contribution in [3.05, 3.63) is 0 Å². The topological polar surface area (TPSA) is 60.2 Å². The Morgan fingerprint density at radius 1 is 1.50 bits per heavy atom. The Morgan fingerprint density at radius 2 is 1.94 bits per heavy atom. The Morgan fingerprint density at radius 3 is 2.06 bits per heavy atom. The highest BCUT2D eigenvalue weighted by Crippen LogP contribution is 2.20. The first kappa shape index (κ1) is 15.4. The van der Waals surface area contributed by atoms with Gasteiger partial charge < -0.3 is 4.55 Å². The van der Waals surface area contributed by atoms with Crippen molar-refractivity contribution in [2.45, 2.75) is 25.3 Å². The van der Waals surface area contributed by atoms with Gasteiger partial charge in [0.15, 0.2) is 10.1 Å². The summed E-state index contributed by atoms with van der Waals surface area (Å²) in [7, 11) is -3.94. The third kappa shape index (κ3) is 5.45. The van der Waals surface area contributed by atoms with Gasteiger partial charge in [0.1, 0.15) is 19.8 Å². The summed E-state index contributed by atoms with van der Waals surface area (Å²) in [5.74, 6) is 0.875. The molecule has 0 saturated carbocycles. The molecular weight excluding hydrogens is 247 g/mol. The summed E-state index contributed by atoms with van der Waals surface area (Å²) in [4.78, 5) is 0. The number of halogens is 3. The third-order valence-corrected chi connectivity index (χ3v) is 2.69. The summed E-state index contributed by atoms with van der Waals surface area (Å²) in [6.07, 6.45) is 5.01. The molecule has 4 nitrogen and oxygen atoms in total. The van der Waals surface area contributed by atoms with Crippen LogP contribution in [0.15, 0.2) is 0 Å². The lowest BCUT2D eigenvalue weighted by molar-refractivity contribution is -0.484. The van der Waals surface area contributed by atoms with Crippen LogP contribution >= 0.6 is 0 Å². The second kappa shape index (κ2) is 5.62. The van der Waals surface area contributed by atoms with E-state index in [4.69, 9.17) is 13.0 Å². The highest BCUT2D eigenvalue weighted by atomic mass is 32.2. The van der Waals surface area contributed by atoms with Crippen LogP contribution in [0.1, 0.15) is 19.8 Å². The zero-order valence-corrected chi connectivity index (χ0v) is 9.81. The van der Waals surface area contributed by atoms with E-state index in [-0.39, 0.29) is 0 Å². The van der Waals surface area contributed by atoms with Gasteiger partial charge in [-0.3, -0.25) is 0 Å². The summed E-state index contributed by atoms with van der Waals surface area (Å²) in [5, 5.41) is 0. The monoisotopic (exact) mass is 261 g/mol. The zero-order valence-electron chi connectivity index (χ0n) is 8.99. The number of rotatable bonds is 1. The fraction of sp³-hybridized carbons (Fsp3) is 0.875. The predicted octanol–water partition coefficient (Wildman–Crippen LogP) is 1.18. The lowest BCUT2D eigenvalue weighted by Crippen LogP contribution is -2.21. The zero-order chi connectivity index (χ0) is 13.0. The van der Waals surface area contributed by atoms with Crippen LogP contribution in [0.25, 0.3) is 0 Å². The molecule has 0 bridgehead atoms. The molecule has 96 valence electrons. The molecule has 0 saturated heterocycles. The van der Waals surface area contributed by atoms with Crippen LogP contribution in [-0.2, 0) is 10.1 Å². The number of hydrogen-bond donors (Lipinski definition) is 0. The van der Waals surface area contributed by atoms with Crippen LogP contribution in [0.5, 0.6) is 0 Å². The van der Waals surface area contributed by atoms with Gasteiger partial charge in [0, 0.05) is 12.3 Å². The normalized spacial score (nSPS) is 21.1. The molecule has 1 aliphatic rings. The molecule has 0 aromatic heterocycles. The summed E-state index contributed by atoms with van der Waals surface area (Å²) >= 11 is 0. The SMILES string of the molecule is CCC1C=[N+](C)CC1.O=S(=O)([O-])C(F)(F)F. The summed E-state index contributed by atoms with van der Waals surface area (Å²) in [5.41, 5.74) is -5.65. The van der Waals surface area contributed by atoms with E-state index in [1.165, 1.54) is 19.4 Å². The quantitative estimate of drug-likeness (QED) is 0.404. The standard InChI is InChI=1S/C7H14N.CHF3O3S/c1-3-7-4-5-8(2)6-7;2-1(3,4)8(5,6)7/h6-7H,3-5H2,1-2H3;(H,5,6,7)/q+1;/p-1. The average Bonchev–Trinajstić information content (AvgIpc) is 2.48. The van der Waals surface area contributed by atoms with Crippen molar-refractivity contribution in [3.8, 4) is 0 Å². The Kier molecular flexibility index (Phi) is 5.40. The fourth-order valence-corrected chi connectivity index (χ4v) is 1.19. The molecule has 16 heavy (non-hydrogen) atoms. The molecule has 1 aliphatic heterocycles. The fourth-order valence-electron chi connectivity index (χ4n) is 1.19. The molecule has 1 heterocycles. The Balaban J connectivity index is 0.000000281. The summed E-state index contributed by atoms with van der Waals surface area (Å²) in [6, 6.07) is 0. The smallest absolute Gasteiger partial charge is 0.485 e. The van der Waals surface area contributed by atoms with Gasteiger partial charge in [-0.25, -0.2) is 13.0 Å². The largest absolute Gasteiger partial charge is 0.741 e. The minimum absolute atomic E-state index is 0.875. The van der Waals surface area contributed by atoms with Gasteiger partial charge in [-0.1, -0.05) is 6.92 Å². The molecule has 1 rings (SSSR count).